The lowest BCUT2D eigenvalue weighted by atomic mass is 10.0. The fraction of sp³-hybridized carbons (Fsp3) is 0.905. The fourth-order valence-electron chi connectivity index (χ4n) is 5.70. The Kier molecular flexibility index (Phi) is 40.8. The third-order valence-corrected chi connectivity index (χ3v) is 8.72. The van der Waals surface area contributed by atoms with E-state index in [2.05, 4.69) is 56.1 Å². The van der Waals surface area contributed by atoms with E-state index in [9.17, 15) is 19.8 Å². The van der Waals surface area contributed by atoms with Gasteiger partial charge in [0.05, 0.1) is 67.3 Å². The Morgan fingerprint density at radius 2 is 0.521 bits per heavy atom. The minimum atomic E-state index is -1.55. The van der Waals surface area contributed by atoms with Crippen LogP contribution in [0.3, 0.4) is 0 Å². The molecule has 0 aromatic rings. The van der Waals surface area contributed by atoms with Crippen LogP contribution in [0.1, 0.15) is 194 Å². The van der Waals surface area contributed by atoms with E-state index >= 15 is 0 Å². The predicted molar refractivity (Wildman–Crippen MR) is 206 cm³/mol. The number of carbonyl (C=O) groups excluding carboxylic acids is 2. The number of hydrogen-bond donors (Lipinski definition) is 0. The lowest BCUT2D eigenvalue weighted by Crippen LogP contribution is -2.35. The molecule has 0 amide bonds. The summed E-state index contributed by atoms with van der Waals surface area (Å²) in [6.07, 6.45) is 41.5. The predicted octanol–water partition coefficient (Wildman–Crippen LogP) is 9.39. The van der Waals surface area contributed by atoms with E-state index in [0.29, 0.717) is 12.2 Å². The monoisotopic (exact) mass is 683 g/mol. The van der Waals surface area contributed by atoms with Crippen molar-refractivity contribution in [3.05, 3.63) is 12.2 Å². The van der Waals surface area contributed by atoms with Crippen LogP contribution in [0.25, 0.3) is 0 Å². The quantitative estimate of drug-likeness (QED) is 0.0402. The van der Waals surface area contributed by atoms with Crippen molar-refractivity contribution in [3.8, 4) is 0 Å². The van der Waals surface area contributed by atoms with Gasteiger partial charge in [-0.2, -0.15) is 0 Å². The molecule has 0 aliphatic carbocycles. The zero-order chi connectivity index (χ0) is 36.8. The van der Waals surface area contributed by atoms with Gasteiger partial charge in [-0.3, -0.25) is 0 Å². The first-order valence-electron chi connectivity index (χ1n) is 20.5. The van der Waals surface area contributed by atoms with Crippen molar-refractivity contribution < 1.29 is 28.8 Å². The Bertz CT molecular complexity index is 637. The van der Waals surface area contributed by atoms with Crippen LogP contribution in [0.4, 0.5) is 0 Å². The van der Waals surface area contributed by atoms with Gasteiger partial charge in [0.25, 0.3) is 0 Å². The molecule has 0 aliphatic heterocycles. The molecular weight excluding hydrogens is 596 g/mol. The molecule has 0 spiro atoms. The van der Waals surface area contributed by atoms with Gasteiger partial charge in [-0.1, -0.05) is 168 Å². The summed E-state index contributed by atoms with van der Waals surface area (Å²) in [6, 6.07) is 0. The van der Waals surface area contributed by atoms with Crippen molar-refractivity contribution in [3.63, 3.8) is 0 Å². The third-order valence-electron chi connectivity index (χ3n) is 8.72. The second kappa shape index (κ2) is 38.4. The van der Waals surface area contributed by atoms with Crippen molar-refractivity contribution in [2.75, 3.05) is 55.4 Å². The second-order valence-corrected chi connectivity index (χ2v) is 16.2. The lowest BCUT2D eigenvalue weighted by Gasteiger charge is -2.23. The van der Waals surface area contributed by atoms with Crippen LogP contribution in [0.2, 0.25) is 0 Å². The molecule has 0 rings (SSSR count). The summed E-state index contributed by atoms with van der Waals surface area (Å²) in [4.78, 5) is 18.8. The van der Waals surface area contributed by atoms with Crippen molar-refractivity contribution >= 4 is 11.9 Å². The molecule has 0 N–H and O–H groups in total. The molecule has 6 nitrogen and oxygen atoms in total. The number of hydrogen-bond acceptors (Lipinski definition) is 4. The van der Waals surface area contributed by atoms with E-state index in [1.807, 2.05) is 0 Å². The molecule has 0 atom stereocenters. The highest BCUT2D eigenvalue weighted by atomic mass is 16.4. The summed E-state index contributed by atoms with van der Waals surface area (Å²) in [5, 5.41) is 18.8. The van der Waals surface area contributed by atoms with Gasteiger partial charge in [-0.15, -0.1) is 0 Å². The first-order chi connectivity index (χ1) is 22.7. The molecule has 0 aromatic carbocycles. The summed E-state index contributed by atoms with van der Waals surface area (Å²) in [5.41, 5.74) is 0. The molecule has 0 fully saturated rings. The number of carbonyl (C=O) groups is 2. The number of quaternary nitrogens is 2. The summed E-state index contributed by atoms with van der Waals surface area (Å²) in [7, 11) is 13.8. The summed E-state index contributed by atoms with van der Waals surface area (Å²) < 4.78 is 2.25. The van der Waals surface area contributed by atoms with Crippen LogP contribution in [-0.2, 0) is 9.59 Å². The molecule has 0 saturated carbocycles. The van der Waals surface area contributed by atoms with E-state index in [1.165, 1.54) is 193 Å². The van der Waals surface area contributed by atoms with Crippen molar-refractivity contribution in [2.24, 2.45) is 0 Å². The molecule has 48 heavy (non-hydrogen) atoms. The van der Waals surface area contributed by atoms with E-state index in [4.69, 9.17) is 0 Å². The first kappa shape index (κ1) is 51.0. The maximum absolute atomic E-state index is 9.41. The summed E-state index contributed by atoms with van der Waals surface area (Å²) in [5.74, 6) is -3.09. The SMILES string of the molecule is CCCCCCCCCCCCCCCC[N+](C)(C)C.CCCCCCCCCCCCCCCC[N+](C)(C)C.O=C([O-])/C=C/C(=O)[O-]. The maximum atomic E-state index is 9.41. The highest BCUT2D eigenvalue weighted by Gasteiger charge is 2.06. The van der Waals surface area contributed by atoms with Crippen LogP contribution in [0, 0.1) is 0 Å². The van der Waals surface area contributed by atoms with Crippen LogP contribution < -0.4 is 10.2 Å². The first-order valence-corrected chi connectivity index (χ1v) is 20.5. The number of aliphatic carboxylic acids is 2. The zero-order valence-corrected chi connectivity index (χ0v) is 33.9. The smallest absolute Gasteiger partial charge is 0.0780 e. The van der Waals surface area contributed by atoms with Crippen LogP contribution in [0.5, 0.6) is 0 Å². The summed E-state index contributed by atoms with van der Waals surface area (Å²) >= 11 is 0. The minimum Gasteiger partial charge on any atom is -0.545 e. The second-order valence-electron chi connectivity index (χ2n) is 16.2. The van der Waals surface area contributed by atoms with Crippen molar-refractivity contribution in [1.29, 1.82) is 0 Å². The van der Waals surface area contributed by atoms with Gasteiger partial charge in [0.15, 0.2) is 0 Å². The average Bonchev–Trinajstić information content (AvgIpc) is 3.00. The number of carboxylic acid groups (broad SMARTS) is 2. The van der Waals surface area contributed by atoms with Crippen LogP contribution >= 0.6 is 0 Å². The normalized spacial score (nSPS) is 11.6. The Labute approximate surface area is 301 Å². The average molecular weight is 683 g/mol. The molecule has 0 radical (unpaired) electrons. The van der Waals surface area contributed by atoms with Gasteiger partial charge < -0.3 is 28.8 Å². The van der Waals surface area contributed by atoms with E-state index < -0.39 is 11.9 Å². The van der Waals surface area contributed by atoms with Crippen LogP contribution in [-0.4, -0.2) is 76.3 Å². The topological polar surface area (TPSA) is 80.3 Å². The summed E-state index contributed by atoms with van der Waals surface area (Å²) in [6.45, 7) is 7.25. The Hall–Kier alpha value is -1.40. The number of rotatable bonds is 32. The Morgan fingerprint density at radius 3 is 0.667 bits per heavy atom. The number of unbranched alkanes of at least 4 members (excludes halogenated alkanes) is 26. The largest absolute Gasteiger partial charge is 0.545 e. The van der Waals surface area contributed by atoms with Crippen LogP contribution in [0.15, 0.2) is 12.2 Å². The van der Waals surface area contributed by atoms with Gasteiger partial charge in [-0.25, -0.2) is 0 Å². The molecule has 6 heteroatoms. The van der Waals surface area contributed by atoms with Gasteiger partial charge in [0.2, 0.25) is 0 Å². The van der Waals surface area contributed by atoms with Gasteiger partial charge in [0.1, 0.15) is 0 Å². The molecule has 0 aliphatic rings. The Balaban J connectivity index is -0.000000689. The molecular formula is C42H86N2O4. The number of carboxylic acids is 2. The molecule has 288 valence electrons. The van der Waals surface area contributed by atoms with Crippen molar-refractivity contribution in [2.45, 2.75) is 194 Å². The van der Waals surface area contributed by atoms with E-state index in [-0.39, 0.29) is 0 Å². The van der Waals surface area contributed by atoms with E-state index in [1.54, 1.807) is 0 Å². The molecule has 0 bridgehead atoms. The molecule has 0 saturated heterocycles. The molecule has 0 heterocycles. The number of nitrogens with zero attached hydrogens (tertiary/aromatic N) is 2. The van der Waals surface area contributed by atoms with Gasteiger partial charge >= 0.3 is 0 Å². The minimum absolute atomic E-state index is 0.384. The molecule has 0 unspecified atom stereocenters. The standard InChI is InChI=1S/2C19H42N.C4H4O4/c2*1-5-6-7-8-9-10-11-12-13-14-15-16-17-18-19-20(2,3)4;5-3(6)1-2-4(7)8/h2*5-19H2,1-4H3;1-2H,(H,5,6)(H,7,8)/q2*+1;/p-2/b;;2-1+. The highest BCUT2D eigenvalue weighted by Crippen LogP contribution is 2.14. The van der Waals surface area contributed by atoms with Gasteiger partial charge in [-0.05, 0) is 37.8 Å². The van der Waals surface area contributed by atoms with Crippen molar-refractivity contribution in [1.82, 2.24) is 0 Å². The third kappa shape index (κ3) is 60.0. The maximum Gasteiger partial charge on any atom is 0.0780 e. The lowest BCUT2D eigenvalue weighted by molar-refractivity contribution is -0.870. The Morgan fingerprint density at radius 1 is 0.354 bits per heavy atom. The zero-order valence-electron chi connectivity index (χ0n) is 33.9. The highest BCUT2D eigenvalue weighted by molar-refractivity contribution is 5.87. The molecule has 0 aromatic heterocycles. The fourth-order valence-corrected chi connectivity index (χ4v) is 5.70. The van der Waals surface area contributed by atoms with E-state index in [0.717, 1.165) is 8.97 Å². The van der Waals surface area contributed by atoms with Gasteiger partial charge in [0, 0.05) is 0 Å².